The average molecular weight is 585 g/mol. The van der Waals surface area contributed by atoms with Crippen LogP contribution in [0, 0.1) is 13.8 Å². The van der Waals surface area contributed by atoms with E-state index in [1.54, 1.807) is 18.2 Å². The number of furan rings is 1. The van der Waals surface area contributed by atoms with Crippen LogP contribution in [0.1, 0.15) is 98.5 Å². The van der Waals surface area contributed by atoms with Crippen molar-refractivity contribution in [1.29, 1.82) is 0 Å². The zero-order valence-corrected chi connectivity index (χ0v) is 26.6. The molecule has 0 radical (unpaired) electrons. The van der Waals surface area contributed by atoms with Crippen molar-refractivity contribution < 1.29 is 22.4 Å². The molecule has 1 heterocycles. The Labute approximate surface area is 246 Å². The molecule has 0 bridgehead atoms. The number of nitrogens with zero attached hydrogens (tertiary/aromatic N) is 1. The molecule has 0 fully saturated rings. The molecule has 226 valence electrons. The molecule has 0 aliphatic carbocycles. The minimum atomic E-state index is -3.46. The second kappa shape index (κ2) is 15.4. The number of sulfonamides is 1. The standard InChI is InChI=1S/C33H48N2O5S/c1-7-10-14-30-31(28-23-27(34-41(6,37)38)15-16-29(28)40-30)32(36)26-21-24(4)33(25(5)22-26)39-20-13-19-35(17-11-8-2)18-12-9-3/h15-16,21-23,34H,7-14,17-20H2,1-6H3. The Morgan fingerprint density at radius 2 is 1.51 bits per heavy atom. The van der Waals surface area contributed by atoms with Crippen LogP contribution in [-0.4, -0.2) is 51.6 Å². The van der Waals surface area contributed by atoms with Crippen molar-refractivity contribution in [3.63, 3.8) is 0 Å². The van der Waals surface area contributed by atoms with E-state index in [1.165, 1.54) is 25.7 Å². The van der Waals surface area contributed by atoms with Crippen molar-refractivity contribution in [2.45, 2.75) is 86.0 Å². The lowest BCUT2D eigenvalue weighted by Gasteiger charge is -2.22. The van der Waals surface area contributed by atoms with E-state index in [0.717, 1.165) is 62.0 Å². The molecule has 0 spiro atoms. The zero-order valence-electron chi connectivity index (χ0n) is 25.8. The van der Waals surface area contributed by atoms with E-state index >= 15 is 0 Å². The van der Waals surface area contributed by atoms with Gasteiger partial charge >= 0.3 is 0 Å². The molecule has 7 nitrogen and oxygen atoms in total. The summed E-state index contributed by atoms with van der Waals surface area (Å²) in [5, 5.41) is 0.612. The summed E-state index contributed by atoms with van der Waals surface area (Å²) in [6.07, 6.45) is 9.39. The van der Waals surface area contributed by atoms with Crippen LogP contribution in [0.5, 0.6) is 5.75 Å². The molecule has 1 aromatic heterocycles. The average Bonchev–Trinajstić information content (AvgIpc) is 3.27. The van der Waals surface area contributed by atoms with Gasteiger partial charge in [-0.05, 0) is 94.1 Å². The highest BCUT2D eigenvalue weighted by molar-refractivity contribution is 7.92. The Morgan fingerprint density at radius 1 is 0.902 bits per heavy atom. The van der Waals surface area contributed by atoms with Gasteiger partial charge in [0.2, 0.25) is 10.0 Å². The van der Waals surface area contributed by atoms with E-state index < -0.39 is 10.0 Å². The first-order valence-corrected chi connectivity index (χ1v) is 17.0. The second-order valence-electron chi connectivity index (χ2n) is 11.1. The van der Waals surface area contributed by atoms with Crippen LogP contribution in [0.15, 0.2) is 34.7 Å². The molecule has 3 rings (SSSR count). The van der Waals surface area contributed by atoms with Crippen molar-refractivity contribution in [2.24, 2.45) is 0 Å². The molecular weight excluding hydrogens is 536 g/mol. The molecule has 0 saturated heterocycles. The topological polar surface area (TPSA) is 88.8 Å². The maximum Gasteiger partial charge on any atom is 0.229 e. The first-order valence-electron chi connectivity index (χ1n) is 15.1. The highest BCUT2D eigenvalue weighted by Gasteiger charge is 2.24. The van der Waals surface area contributed by atoms with Crippen molar-refractivity contribution in [3.05, 3.63) is 58.3 Å². The summed E-state index contributed by atoms with van der Waals surface area (Å²) < 4.78 is 38.5. The van der Waals surface area contributed by atoms with E-state index in [-0.39, 0.29) is 5.78 Å². The fourth-order valence-electron chi connectivity index (χ4n) is 5.20. The summed E-state index contributed by atoms with van der Waals surface area (Å²) in [5.74, 6) is 1.33. The summed E-state index contributed by atoms with van der Waals surface area (Å²) in [5.41, 5.74) is 3.88. The number of hydrogen-bond donors (Lipinski definition) is 1. The zero-order chi connectivity index (χ0) is 30.0. The van der Waals surface area contributed by atoms with Crippen LogP contribution >= 0.6 is 0 Å². The Kier molecular flexibility index (Phi) is 12.3. The number of rotatable bonds is 18. The third kappa shape index (κ3) is 9.33. The van der Waals surface area contributed by atoms with Crippen molar-refractivity contribution in [2.75, 3.05) is 37.2 Å². The number of anilines is 1. The number of aryl methyl sites for hydroxylation is 3. The van der Waals surface area contributed by atoms with E-state index in [4.69, 9.17) is 9.15 Å². The number of ketones is 1. The summed E-state index contributed by atoms with van der Waals surface area (Å²) in [6, 6.07) is 8.83. The normalized spacial score (nSPS) is 11.9. The minimum absolute atomic E-state index is 0.133. The number of hydrogen-bond acceptors (Lipinski definition) is 6. The van der Waals surface area contributed by atoms with Crippen LogP contribution in [0.3, 0.4) is 0 Å². The van der Waals surface area contributed by atoms with Crippen molar-refractivity contribution >= 4 is 32.5 Å². The Balaban J connectivity index is 1.82. The van der Waals surface area contributed by atoms with E-state index in [1.807, 2.05) is 26.0 Å². The fraction of sp³-hybridized carbons (Fsp3) is 0.545. The van der Waals surface area contributed by atoms with Gasteiger partial charge in [0.05, 0.1) is 18.4 Å². The van der Waals surface area contributed by atoms with Gasteiger partial charge < -0.3 is 14.1 Å². The molecule has 0 unspecified atom stereocenters. The lowest BCUT2D eigenvalue weighted by Crippen LogP contribution is -2.28. The number of fused-ring (bicyclic) bond motifs is 1. The smallest absolute Gasteiger partial charge is 0.229 e. The molecule has 2 aromatic carbocycles. The lowest BCUT2D eigenvalue weighted by atomic mass is 9.95. The third-order valence-electron chi connectivity index (χ3n) is 7.29. The van der Waals surface area contributed by atoms with Crippen LogP contribution in [0.25, 0.3) is 11.0 Å². The number of unbranched alkanes of at least 4 members (excludes halogenated alkanes) is 3. The predicted molar refractivity (Wildman–Crippen MR) is 169 cm³/mol. The van der Waals surface area contributed by atoms with Gasteiger partial charge in [0.15, 0.2) is 5.78 Å². The molecular formula is C33H48N2O5S. The lowest BCUT2D eigenvalue weighted by molar-refractivity contribution is 0.103. The molecule has 0 aliphatic heterocycles. The Hall–Kier alpha value is -2.84. The largest absolute Gasteiger partial charge is 0.493 e. The molecule has 41 heavy (non-hydrogen) atoms. The molecule has 0 aliphatic rings. The van der Waals surface area contributed by atoms with Crippen molar-refractivity contribution in [3.8, 4) is 5.75 Å². The van der Waals surface area contributed by atoms with Crippen LogP contribution in [0.4, 0.5) is 5.69 Å². The monoisotopic (exact) mass is 584 g/mol. The summed E-state index contributed by atoms with van der Waals surface area (Å²) >= 11 is 0. The second-order valence-corrected chi connectivity index (χ2v) is 12.9. The molecule has 8 heteroatoms. The predicted octanol–water partition coefficient (Wildman–Crippen LogP) is 7.67. The van der Waals surface area contributed by atoms with Gasteiger partial charge in [-0.2, -0.15) is 0 Å². The van der Waals surface area contributed by atoms with E-state index in [2.05, 4.69) is 30.4 Å². The van der Waals surface area contributed by atoms with Gasteiger partial charge in [-0.25, -0.2) is 8.42 Å². The number of nitrogens with one attached hydrogen (secondary N) is 1. The van der Waals surface area contributed by atoms with Crippen LogP contribution < -0.4 is 9.46 Å². The molecule has 0 atom stereocenters. The summed E-state index contributed by atoms with van der Waals surface area (Å²) in [7, 11) is -3.46. The van der Waals surface area contributed by atoms with Gasteiger partial charge in [-0.15, -0.1) is 0 Å². The number of ether oxygens (including phenoxy) is 1. The van der Waals surface area contributed by atoms with E-state index in [0.29, 0.717) is 46.6 Å². The third-order valence-corrected chi connectivity index (χ3v) is 7.90. The maximum absolute atomic E-state index is 14.0. The SMILES string of the molecule is CCCCc1oc2ccc(NS(C)(=O)=O)cc2c1C(=O)c1cc(C)c(OCCCN(CCCC)CCCC)c(C)c1. The van der Waals surface area contributed by atoms with E-state index in [9.17, 15) is 13.2 Å². The Bertz CT molecular complexity index is 1380. The molecule has 0 amide bonds. The molecule has 0 saturated carbocycles. The number of benzene rings is 2. The molecule has 3 aromatic rings. The Morgan fingerprint density at radius 3 is 2.10 bits per heavy atom. The van der Waals surface area contributed by atoms with Gasteiger partial charge in [0.1, 0.15) is 17.1 Å². The van der Waals surface area contributed by atoms with Gasteiger partial charge in [0.25, 0.3) is 0 Å². The maximum atomic E-state index is 14.0. The van der Waals surface area contributed by atoms with Gasteiger partial charge in [0, 0.05) is 29.6 Å². The first kappa shape index (κ1) is 32.7. The fourth-order valence-corrected chi connectivity index (χ4v) is 5.76. The number of carbonyl (C=O) groups is 1. The van der Waals surface area contributed by atoms with Gasteiger partial charge in [-0.3, -0.25) is 9.52 Å². The summed E-state index contributed by atoms with van der Waals surface area (Å²) in [6.45, 7) is 14.5. The molecule has 1 N–H and O–H groups in total. The highest BCUT2D eigenvalue weighted by Crippen LogP contribution is 2.33. The minimum Gasteiger partial charge on any atom is -0.493 e. The first-order chi connectivity index (χ1) is 19.6. The van der Waals surface area contributed by atoms with Gasteiger partial charge in [-0.1, -0.05) is 40.0 Å². The quantitative estimate of drug-likeness (QED) is 0.122. The van der Waals surface area contributed by atoms with Crippen LogP contribution in [0.2, 0.25) is 0 Å². The van der Waals surface area contributed by atoms with Crippen molar-refractivity contribution in [1.82, 2.24) is 4.90 Å². The van der Waals surface area contributed by atoms with Crippen LogP contribution in [-0.2, 0) is 16.4 Å². The highest BCUT2D eigenvalue weighted by atomic mass is 32.2. The summed E-state index contributed by atoms with van der Waals surface area (Å²) in [4.78, 5) is 16.5. The number of carbonyl (C=O) groups excluding carboxylic acids is 1.